The summed E-state index contributed by atoms with van der Waals surface area (Å²) in [6.07, 6.45) is 5.73. The van der Waals surface area contributed by atoms with Gasteiger partial charge in [-0.25, -0.2) is 0 Å². The third-order valence-corrected chi connectivity index (χ3v) is 4.07. The van der Waals surface area contributed by atoms with Crippen LogP contribution >= 0.6 is 12.2 Å². The van der Waals surface area contributed by atoms with Crippen molar-refractivity contribution in [3.63, 3.8) is 0 Å². The average molecular weight is 242 g/mol. The van der Waals surface area contributed by atoms with Crippen molar-refractivity contribution >= 4 is 23.1 Å². The third-order valence-electron chi connectivity index (χ3n) is 3.56. The molecule has 1 amide bonds. The lowest BCUT2D eigenvalue weighted by Crippen LogP contribution is -2.54. The second kappa shape index (κ2) is 4.70. The number of carbonyl (C=O) groups is 1. The first-order valence-corrected chi connectivity index (χ1v) is 6.31. The van der Waals surface area contributed by atoms with Crippen molar-refractivity contribution in [2.45, 2.75) is 58.4 Å². The molecule has 1 fully saturated rings. The molecular formula is C12H22N2OS. The van der Waals surface area contributed by atoms with Crippen LogP contribution in [0, 0.1) is 5.41 Å². The van der Waals surface area contributed by atoms with Gasteiger partial charge in [-0.1, -0.05) is 31.5 Å². The molecule has 0 spiro atoms. The Morgan fingerprint density at radius 2 is 1.81 bits per heavy atom. The summed E-state index contributed by atoms with van der Waals surface area (Å²) in [6, 6.07) is 0. The van der Waals surface area contributed by atoms with E-state index >= 15 is 0 Å². The molecule has 92 valence electrons. The summed E-state index contributed by atoms with van der Waals surface area (Å²) in [5.41, 5.74) is 4.76. The monoisotopic (exact) mass is 242 g/mol. The molecule has 0 aromatic carbocycles. The van der Waals surface area contributed by atoms with Gasteiger partial charge in [0.15, 0.2) is 0 Å². The number of amides is 1. The van der Waals surface area contributed by atoms with Crippen LogP contribution in [0.25, 0.3) is 0 Å². The Bertz CT molecular complexity index is 293. The Labute approximate surface area is 103 Å². The molecule has 0 saturated heterocycles. The third kappa shape index (κ3) is 2.94. The van der Waals surface area contributed by atoms with Gasteiger partial charge in [-0.2, -0.15) is 0 Å². The van der Waals surface area contributed by atoms with Gasteiger partial charge >= 0.3 is 0 Å². The first-order chi connectivity index (χ1) is 7.28. The number of rotatable bonds is 3. The summed E-state index contributed by atoms with van der Waals surface area (Å²) in [7, 11) is 0. The predicted octanol–water partition coefficient (Wildman–Crippen LogP) is 2.14. The van der Waals surface area contributed by atoms with Crippen molar-refractivity contribution in [1.82, 2.24) is 5.32 Å². The van der Waals surface area contributed by atoms with Crippen LogP contribution in [0.15, 0.2) is 0 Å². The molecule has 0 bridgehead atoms. The molecule has 4 heteroatoms. The molecule has 0 aromatic heterocycles. The molecule has 0 unspecified atom stereocenters. The Hall–Kier alpha value is -0.640. The molecule has 0 heterocycles. The molecule has 0 radical (unpaired) electrons. The zero-order valence-corrected chi connectivity index (χ0v) is 11.2. The van der Waals surface area contributed by atoms with E-state index in [2.05, 4.69) is 12.2 Å². The van der Waals surface area contributed by atoms with Crippen LogP contribution < -0.4 is 11.1 Å². The molecule has 0 atom stereocenters. The summed E-state index contributed by atoms with van der Waals surface area (Å²) in [4.78, 5) is 12.4. The summed E-state index contributed by atoms with van der Waals surface area (Å²) in [5, 5.41) is 3.11. The van der Waals surface area contributed by atoms with Crippen LogP contribution in [0.4, 0.5) is 0 Å². The molecule has 1 rings (SSSR count). The van der Waals surface area contributed by atoms with Crippen LogP contribution in [-0.4, -0.2) is 16.4 Å². The zero-order valence-electron chi connectivity index (χ0n) is 10.4. The first kappa shape index (κ1) is 13.4. The van der Waals surface area contributed by atoms with E-state index in [-0.39, 0.29) is 16.4 Å². The van der Waals surface area contributed by atoms with Crippen LogP contribution in [0.2, 0.25) is 0 Å². The lowest BCUT2D eigenvalue weighted by Gasteiger charge is -2.37. The van der Waals surface area contributed by atoms with E-state index in [1.165, 1.54) is 19.3 Å². The Kier molecular flexibility index (Phi) is 3.94. The van der Waals surface area contributed by atoms with E-state index in [1.54, 1.807) is 13.8 Å². The maximum absolute atomic E-state index is 12.1. The molecule has 1 aliphatic rings. The number of hydrogen-bond acceptors (Lipinski definition) is 2. The normalized spacial score (nSPS) is 20.2. The maximum atomic E-state index is 12.1. The van der Waals surface area contributed by atoms with Gasteiger partial charge in [-0.05, 0) is 33.6 Å². The van der Waals surface area contributed by atoms with E-state index in [4.69, 9.17) is 18.0 Å². The fourth-order valence-electron chi connectivity index (χ4n) is 2.00. The topological polar surface area (TPSA) is 55.1 Å². The zero-order chi connectivity index (χ0) is 12.4. The van der Waals surface area contributed by atoms with Gasteiger partial charge in [0.25, 0.3) is 0 Å². The summed E-state index contributed by atoms with van der Waals surface area (Å²) in [6.45, 7) is 5.66. The fraction of sp³-hybridized carbons (Fsp3) is 0.833. The molecule has 1 saturated carbocycles. The van der Waals surface area contributed by atoms with Gasteiger partial charge in [0, 0.05) is 5.54 Å². The Balaban J connectivity index is 2.66. The van der Waals surface area contributed by atoms with Gasteiger partial charge in [0.2, 0.25) is 5.91 Å². The average Bonchev–Trinajstić information content (AvgIpc) is 2.17. The molecule has 0 aromatic rings. The fourth-order valence-corrected chi connectivity index (χ4v) is 2.09. The summed E-state index contributed by atoms with van der Waals surface area (Å²) >= 11 is 4.93. The standard InChI is InChI=1S/C12H22N2OS/c1-11(2,9(13)16)10(15)14-12(3)7-5-4-6-8-12/h4-8H2,1-3H3,(H2,13,16)(H,14,15). The number of nitrogens with two attached hydrogens (primary N) is 1. The largest absolute Gasteiger partial charge is 0.392 e. The highest BCUT2D eigenvalue weighted by Gasteiger charge is 2.36. The van der Waals surface area contributed by atoms with Crippen molar-refractivity contribution in [1.29, 1.82) is 0 Å². The lowest BCUT2D eigenvalue weighted by atomic mass is 9.81. The number of hydrogen-bond donors (Lipinski definition) is 2. The number of carbonyl (C=O) groups excluding carboxylic acids is 1. The van der Waals surface area contributed by atoms with E-state index < -0.39 is 5.41 Å². The van der Waals surface area contributed by atoms with Crippen LogP contribution in [0.5, 0.6) is 0 Å². The minimum absolute atomic E-state index is 0.0515. The number of thiocarbonyl (C=S) groups is 1. The van der Waals surface area contributed by atoms with Gasteiger partial charge < -0.3 is 11.1 Å². The van der Waals surface area contributed by atoms with Crippen LogP contribution in [0.3, 0.4) is 0 Å². The SMILES string of the molecule is CC1(NC(=O)C(C)(C)C(N)=S)CCCCC1. The minimum atomic E-state index is -0.754. The molecule has 3 N–H and O–H groups in total. The van der Waals surface area contributed by atoms with Crippen LogP contribution in [-0.2, 0) is 4.79 Å². The Morgan fingerprint density at radius 3 is 2.25 bits per heavy atom. The Morgan fingerprint density at radius 1 is 1.31 bits per heavy atom. The smallest absolute Gasteiger partial charge is 0.232 e. The summed E-state index contributed by atoms with van der Waals surface area (Å²) in [5.74, 6) is -0.0515. The molecule has 16 heavy (non-hydrogen) atoms. The van der Waals surface area contributed by atoms with E-state index in [9.17, 15) is 4.79 Å². The minimum Gasteiger partial charge on any atom is -0.392 e. The molecule has 3 nitrogen and oxygen atoms in total. The highest BCUT2D eigenvalue weighted by molar-refractivity contribution is 7.80. The molecular weight excluding hydrogens is 220 g/mol. The number of nitrogens with one attached hydrogen (secondary N) is 1. The van der Waals surface area contributed by atoms with Crippen molar-refractivity contribution in [3.8, 4) is 0 Å². The van der Waals surface area contributed by atoms with E-state index in [0.717, 1.165) is 12.8 Å². The summed E-state index contributed by atoms with van der Waals surface area (Å²) < 4.78 is 0. The van der Waals surface area contributed by atoms with E-state index in [1.807, 2.05) is 0 Å². The molecule has 1 aliphatic carbocycles. The first-order valence-electron chi connectivity index (χ1n) is 5.90. The second-order valence-corrected chi connectivity index (χ2v) is 6.00. The maximum Gasteiger partial charge on any atom is 0.232 e. The van der Waals surface area contributed by atoms with Gasteiger partial charge in [0.05, 0.1) is 10.4 Å². The highest BCUT2D eigenvalue weighted by atomic mass is 32.1. The van der Waals surface area contributed by atoms with Gasteiger partial charge in [0.1, 0.15) is 0 Å². The van der Waals surface area contributed by atoms with Gasteiger partial charge in [-0.15, -0.1) is 0 Å². The van der Waals surface area contributed by atoms with E-state index in [0.29, 0.717) is 0 Å². The highest BCUT2D eigenvalue weighted by Crippen LogP contribution is 2.29. The predicted molar refractivity (Wildman–Crippen MR) is 70.2 cm³/mol. The van der Waals surface area contributed by atoms with Gasteiger partial charge in [-0.3, -0.25) is 4.79 Å². The van der Waals surface area contributed by atoms with Crippen molar-refractivity contribution in [2.24, 2.45) is 11.1 Å². The van der Waals surface area contributed by atoms with Crippen molar-refractivity contribution < 1.29 is 4.79 Å². The van der Waals surface area contributed by atoms with Crippen molar-refractivity contribution in [3.05, 3.63) is 0 Å². The van der Waals surface area contributed by atoms with Crippen molar-refractivity contribution in [2.75, 3.05) is 0 Å². The second-order valence-electron chi connectivity index (χ2n) is 5.56. The van der Waals surface area contributed by atoms with Crippen LogP contribution in [0.1, 0.15) is 52.9 Å². The quantitative estimate of drug-likeness (QED) is 0.746. The lowest BCUT2D eigenvalue weighted by molar-refractivity contribution is -0.128. The molecule has 0 aliphatic heterocycles.